The van der Waals surface area contributed by atoms with Gasteiger partial charge in [-0.3, -0.25) is 14.9 Å². The first-order chi connectivity index (χ1) is 13.2. The van der Waals surface area contributed by atoms with Crippen molar-refractivity contribution in [1.29, 1.82) is 0 Å². The fourth-order valence-electron chi connectivity index (χ4n) is 3.77. The molecule has 1 aliphatic heterocycles. The van der Waals surface area contributed by atoms with E-state index in [0.717, 1.165) is 48.3 Å². The Balaban J connectivity index is 1.67. The molecule has 2 aromatic carbocycles. The van der Waals surface area contributed by atoms with Crippen LogP contribution in [-0.4, -0.2) is 52.9 Å². The van der Waals surface area contributed by atoms with E-state index in [9.17, 15) is 4.79 Å². The molecule has 0 amide bonds. The molecule has 4 aromatic rings. The highest BCUT2D eigenvalue weighted by Crippen LogP contribution is 2.26. The Kier molecular flexibility index (Phi) is 3.72. The van der Waals surface area contributed by atoms with Crippen molar-refractivity contribution in [3.05, 3.63) is 65.1 Å². The second-order valence-corrected chi connectivity index (χ2v) is 7.13. The number of nitrogens with one attached hydrogen (secondary N) is 1. The second-order valence-electron chi connectivity index (χ2n) is 7.13. The average molecular weight is 359 g/mol. The van der Waals surface area contributed by atoms with Crippen molar-refractivity contribution >= 4 is 27.5 Å². The Morgan fingerprint density at radius 2 is 1.70 bits per heavy atom. The molecule has 1 fully saturated rings. The lowest BCUT2D eigenvalue weighted by atomic mass is 10.1. The van der Waals surface area contributed by atoms with Crippen LogP contribution in [0.15, 0.2) is 59.5 Å². The summed E-state index contributed by atoms with van der Waals surface area (Å²) >= 11 is 0. The standard InChI is InChI=1S/C21H21N5O/c1-24-9-11-25(12-10-24)16-7-8-19-17(13-16)20-18(14-22-19)21(27)26(23-20)15-5-3-2-4-6-15/h2-8,13-14,23H,9-12H2,1H3. The predicted octanol–water partition coefficient (Wildman–Crippen LogP) is 2.62. The van der Waals surface area contributed by atoms with E-state index in [1.54, 1.807) is 10.9 Å². The summed E-state index contributed by atoms with van der Waals surface area (Å²) in [7, 11) is 2.15. The first-order valence-electron chi connectivity index (χ1n) is 9.23. The van der Waals surface area contributed by atoms with Gasteiger partial charge in [0, 0.05) is 43.4 Å². The summed E-state index contributed by atoms with van der Waals surface area (Å²) in [6, 6.07) is 15.9. The van der Waals surface area contributed by atoms with Gasteiger partial charge < -0.3 is 9.80 Å². The zero-order valence-electron chi connectivity index (χ0n) is 15.2. The SMILES string of the molecule is CN1CCN(c2ccc3ncc4c(=O)n(-c5ccccc5)[nH]c4c3c2)CC1. The third-order valence-corrected chi connectivity index (χ3v) is 5.39. The van der Waals surface area contributed by atoms with Gasteiger partial charge in [0.15, 0.2) is 0 Å². The molecule has 0 radical (unpaired) electrons. The highest BCUT2D eigenvalue weighted by atomic mass is 16.1. The summed E-state index contributed by atoms with van der Waals surface area (Å²) < 4.78 is 1.59. The first-order valence-corrected chi connectivity index (χ1v) is 9.23. The summed E-state index contributed by atoms with van der Waals surface area (Å²) in [6.45, 7) is 4.13. The number of nitrogens with zero attached hydrogens (tertiary/aromatic N) is 4. The maximum absolute atomic E-state index is 12.9. The first kappa shape index (κ1) is 16.1. The number of benzene rings is 2. The Hall–Kier alpha value is -3.12. The van der Waals surface area contributed by atoms with Crippen LogP contribution in [0, 0.1) is 0 Å². The van der Waals surface area contributed by atoms with Gasteiger partial charge in [-0.05, 0) is 37.4 Å². The number of piperazine rings is 1. The number of H-pyrrole nitrogens is 1. The molecule has 0 spiro atoms. The predicted molar refractivity (Wildman–Crippen MR) is 109 cm³/mol. The molecule has 2 aromatic heterocycles. The number of aromatic nitrogens is 3. The zero-order chi connectivity index (χ0) is 18.4. The molecule has 1 aliphatic rings. The summed E-state index contributed by atoms with van der Waals surface area (Å²) in [5.41, 5.74) is 3.66. The van der Waals surface area contributed by atoms with Crippen molar-refractivity contribution in [2.75, 3.05) is 38.1 Å². The number of anilines is 1. The van der Waals surface area contributed by atoms with Crippen molar-refractivity contribution in [2.45, 2.75) is 0 Å². The normalized spacial score (nSPS) is 15.7. The van der Waals surface area contributed by atoms with Crippen LogP contribution >= 0.6 is 0 Å². The van der Waals surface area contributed by atoms with E-state index >= 15 is 0 Å². The van der Waals surface area contributed by atoms with Crippen molar-refractivity contribution in [1.82, 2.24) is 19.7 Å². The lowest BCUT2D eigenvalue weighted by molar-refractivity contribution is 0.313. The van der Waals surface area contributed by atoms with Crippen LogP contribution in [0.1, 0.15) is 0 Å². The molecule has 1 saturated heterocycles. The van der Waals surface area contributed by atoms with E-state index in [1.165, 1.54) is 5.69 Å². The van der Waals surface area contributed by atoms with Gasteiger partial charge in [0.2, 0.25) is 0 Å². The average Bonchev–Trinajstić information content (AvgIpc) is 3.06. The van der Waals surface area contributed by atoms with Gasteiger partial charge in [-0.15, -0.1) is 0 Å². The van der Waals surface area contributed by atoms with E-state index < -0.39 is 0 Å². The van der Waals surface area contributed by atoms with E-state index in [2.05, 4.69) is 39.1 Å². The van der Waals surface area contributed by atoms with E-state index in [0.29, 0.717) is 5.39 Å². The van der Waals surface area contributed by atoms with E-state index in [1.807, 2.05) is 36.4 Å². The van der Waals surface area contributed by atoms with Gasteiger partial charge in [0.1, 0.15) is 0 Å². The number of likely N-dealkylation sites (N-methyl/N-ethyl adjacent to an activating group) is 1. The molecule has 0 unspecified atom stereocenters. The highest BCUT2D eigenvalue weighted by Gasteiger charge is 2.17. The molecule has 5 rings (SSSR count). The maximum atomic E-state index is 12.9. The van der Waals surface area contributed by atoms with Crippen LogP contribution in [0.5, 0.6) is 0 Å². The molecule has 0 atom stereocenters. The maximum Gasteiger partial charge on any atom is 0.280 e. The molecule has 3 heterocycles. The summed E-state index contributed by atoms with van der Waals surface area (Å²) in [5, 5.41) is 4.89. The minimum absolute atomic E-state index is 0.0735. The lowest BCUT2D eigenvalue weighted by Gasteiger charge is -2.34. The van der Waals surface area contributed by atoms with Crippen LogP contribution in [0.25, 0.3) is 27.5 Å². The second kappa shape index (κ2) is 6.25. The van der Waals surface area contributed by atoms with Crippen molar-refractivity contribution in [3.63, 3.8) is 0 Å². The zero-order valence-corrected chi connectivity index (χ0v) is 15.2. The fraction of sp³-hybridized carbons (Fsp3) is 0.238. The van der Waals surface area contributed by atoms with Crippen LogP contribution < -0.4 is 10.5 Å². The summed E-state index contributed by atoms with van der Waals surface area (Å²) in [6.07, 6.45) is 1.67. The largest absolute Gasteiger partial charge is 0.369 e. The Morgan fingerprint density at radius 3 is 2.48 bits per heavy atom. The van der Waals surface area contributed by atoms with E-state index in [-0.39, 0.29) is 5.56 Å². The smallest absolute Gasteiger partial charge is 0.280 e. The molecule has 27 heavy (non-hydrogen) atoms. The van der Waals surface area contributed by atoms with Crippen LogP contribution in [-0.2, 0) is 0 Å². The highest BCUT2D eigenvalue weighted by molar-refractivity contribution is 6.04. The van der Waals surface area contributed by atoms with Crippen molar-refractivity contribution in [3.8, 4) is 5.69 Å². The molecule has 0 saturated carbocycles. The van der Waals surface area contributed by atoms with Crippen LogP contribution in [0.2, 0.25) is 0 Å². The summed E-state index contributed by atoms with van der Waals surface area (Å²) in [4.78, 5) is 22.1. The van der Waals surface area contributed by atoms with Crippen LogP contribution in [0.3, 0.4) is 0 Å². The molecule has 6 heteroatoms. The van der Waals surface area contributed by atoms with Gasteiger partial charge in [0.25, 0.3) is 5.56 Å². The quantitative estimate of drug-likeness (QED) is 0.598. The molecule has 0 aliphatic carbocycles. The van der Waals surface area contributed by atoms with Gasteiger partial charge in [-0.1, -0.05) is 18.2 Å². The number of hydrogen-bond acceptors (Lipinski definition) is 4. The van der Waals surface area contributed by atoms with E-state index in [4.69, 9.17) is 0 Å². The molecule has 1 N–H and O–H groups in total. The Labute approximate surface area is 156 Å². The Bertz CT molecular complexity index is 1170. The molecule has 6 nitrogen and oxygen atoms in total. The lowest BCUT2D eigenvalue weighted by Crippen LogP contribution is -2.44. The van der Waals surface area contributed by atoms with Gasteiger partial charge in [0.05, 0.1) is 22.1 Å². The van der Waals surface area contributed by atoms with Gasteiger partial charge in [-0.2, -0.15) is 0 Å². The molecular weight excluding hydrogens is 338 g/mol. The van der Waals surface area contributed by atoms with Crippen LogP contribution in [0.4, 0.5) is 5.69 Å². The number of aromatic amines is 1. The fourth-order valence-corrected chi connectivity index (χ4v) is 3.77. The number of rotatable bonds is 2. The Morgan fingerprint density at radius 1 is 0.926 bits per heavy atom. The van der Waals surface area contributed by atoms with Gasteiger partial charge in [-0.25, -0.2) is 4.68 Å². The molecule has 0 bridgehead atoms. The number of pyridine rings is 1. The number of hydrogen-bond donors (Lipinski definition) is 1. The summed E-state index contributed by atoms with van der Waals surface area (Å²) in [5.74, 6) is 0. The molecule has 136 valence electrons. The third-order valence-electron chi connectivity index (χ3n) is 5.39. The minimum atomic E-state index is -0.0735. The van der Waals surface area contributed by atoms with Crippen molar-refractivity contribution < 1.29 is 0 Å². The van der Waals surface area contributed by atoms with Gasteiger partial charge >= 0.3 is 0 Å². The number of fused-ring (bicyclic) bond motifs is 3. The topological polar surface area (TPSA) is 57.2 Å². The molecular formula is C21H21N5O. The number of para-hydroxylation sites is 1. The monoisotopic (exact) mass is 359 g/mol. The minimum Gasteiger partial charge on any atom is -0.369 e. The third kappa shape index (κ3) is 2.69. The van der Waals surface area contributed by atoms with Crippen molar-refractivity contribution in [2.24, 2.45) is 0 Å².